The molecule has 2 aromatic rings. The van der Waals surface area contributed by atoms with Crippen LogP contribution in [0.2, 0.25) is 0 Å². The molecule has 0 fully saturated rings. The molecule has 0 bridgehead atoms. The third kappa shape index (κ3) is 3.53. The van der Waals surface area contributed by atoms with Gasteiger partial charge in [-0.2, -0.15) is 0 Å². The predicted molar refractivity (Wildman–Crippen MR) is 67.0 cm³/mol. The fourth-order valence-electron chi connectivity index (χ4n) is 1.64. The first-order valence-electron chi connectivity index (χ1n) is 5.59. The van der Waals surface area contributed by atoms with Gasteiger partial charge in [0, 0.05) is 5.46 Å². The summed E-state index contributed by atoms with van der Waals surface area (Å²) in [5, 5.41) is 18.2. The molecule has 0 saturated heterocycles. The van der Waals surface area contributed by atoms with E-state index >= 15 is 0 Å². The average molecular weight is 264 g/mol. The van der Waals surface area contributed by atoms with E-state index in [1.807, 2.05) is 0 Å². The number of halogens is 2. The zero-order chi connectivity index (χ0) is 13.8. The van der Waals surface area contributed by atoms with Gasteiger partial charge >= 0.3 is 7.12 Å². The second-order valence-corrected chi connectivity index (χ2v) is 3.97. The third-order valence-corrected chi connectivity index (χ3v) is 2.53. The van der Waals surface area contributed by atoms with E-state index in [-0.39, 0.29) is 23.6 Å². The van der Waals surface area contributed by atoms with E-state index in [9.17, 15) is 8.78 Å². The summed E-state index contributed by atoms with van der Waals surface area (Å²) in [5.74, 6) is -0.843. The van der Waals surface area contributed by atoms with E-state index in [1.165, 1.54) is 18.2 Å². The Labute approximate surface area is 109 Å². The summed E-state index contributed by atoms with van der Waals surface area (Å²) in [6.45, 7) is 0.0448. The van der Waals surface area contributed by atoms with Crippen molar-refractivity contribution in [3.8, 4) is 5.75 Å². The minimum atomic E-state index is -1.83. The molecular formula is C13H11BF2O3. The molecule has 19 heavy (non-hydrogen) atoms. The lowest BCUT2D eigenvalue weighted by Gasteiger charge is -2.11. The molecule has 0 atom stereocenters. The lowest BCUT2D eigenvalue weighted by molar-refractivity contribution is 0.305. The Balaban J connectivity index is 2.15. The summed E-state index contributed by atoms with van der Waals surface area (Å²) < 4.78 is 31.3. The van der Waals surface area contributed by atoms with Crippen molar-refractivity contribution in [2.45, 2.75) is 6.61 Å². The van der Waals surface area contributed by atoms with Crippen molar-refractivity contribution in [2.24, 2.45) is 0 Å². The molecule has 0 spiro atoms. The number of hydrogen-bond acceptors (Lipinski definition) is 3. The van der Waals surface area contributed by atoms with Crippen LogP contribution in [0.15, 0.2) is 42.5 Å². The Bertz CT molecular complexity index is 576. The van der Waals surface area contributed by atoms with Gasteiger partial charge in [0.1, 0.15) is 24.0 Å². The molecule has 0 aromatic heterocycles. The van der Waals surface area contributed by atoms with Crippen LogP contribution in [0.1, 0.15) is 5.56 Å². The summed E-state index contributed by atoms with van der Waals surface area (Å²) in [5.41, 5.74) is 0.513. The SMILES string of the molecule is OB(O)c1cc(F)ccc1OCc1cccc(F)c1. The van der Waals surface area contributed by atoms with Crippen LogP contribution in [-0.2, 0) is 6.61 Å². The summed E-state index contributed by atoms with van der Waals surface area (Å²) in [4.78, 5) is 0. The highest BCUT2D eigenvalue weighted by molar-refractivity contribution is 6.59. The molecule has 0 saturated carbocycles. The first kappa shape index (κ1) is 13.5. The molecule has 98 valence electrons. The monoisotopic (exact) mass is 264 g/mol. The summed E-state index contributed by atoms with van der Waals surface area (Å²) in [6.07, 6.45) is 0. The molecule has 0 aliphatic carbocycles. The van der Waals surface area contributed by atoms with Crippen LogP contribution in [0.5, 0.6) is 5.75 Å². The van der Waals surface area contributed by atoms with E-state index in [0.29, 0.717) is 5.56 Å². The molecule has 0 amide bonds. The zero-order valence-corrected chi connectivity index (χ0v) is 9.88. The number of rotatable bonds is 4. The Morgan fingerprint density at radius 2 is 1.74 bits per heavy atom. The molecule has 2 rings (SSSR count). The molecule has 3 nitrogen and oxygen atoms in total. The fraction of sp³-hybridized carbons (Fsp3) is 0.0769. The van der Waals surface area contributed by atoms with E-state index in [2.05, 4.69) is 0 Å². The maximum atomic E-state index is 13.0. The van der Waals surface area contributed by atoms with Crippen molar-refractivity contribution in [2.75, 3.05) is 0 Å². The van der Waals surface area contributed by atoms with Gasteiger partial charge in [-0.25, -0.2) is 8.78 Å². The van der Waals surface area contributed by atoms with Gasteiger partial charge in [-0.15, -0.1) is 0 Å². The lowest BCUT2D eigenvalue weighted by Crippen LogP contribution is -2.31. The second kappa shape index (κ2) is 5.82. The van der Waals surface area contributed by atoms with Crippen LogP contribution in [0, 0.1) is 11.6 Å². The van der Waals surface area contributed by atoms with Gasteiger partial charge < -0.3 is 14.8 Å². The highest BCUT2D eigenvalue weighted by atomic mass is 19.1. The van der Waals surface area contributed by atoms with Crippen molar-refractivity contribution >= 4 is 12.6 Å². The number of ether oxygens (including phenoxy) is 1. The molecule has 0 radical (unpaired) electrons. The molecule has 0 aliphatic heterocycles. The van der Waals surface area contributed by atoms with Gasteiger partial charge in [0.25, 0.3) is 0 Å². The standard InChI is InChI=1S/C13H11BF2O3/c15-10-3-1-2-9(6-10)8-19-13-5-4-11(16)7-12(13)14(17)18/h1-7,17-18H,8H2. The molecule has 2 aromatic carbocycles. The van der Waals surface area contributed by atoms with E-state index in [4.69, 9.17) is 14.8 Å². The second-order valence-electron chi connectivity index (χ2n) is 3.97. The van der Waals surface area contributed by atoms with Crippen molar-refractivity contribution in [3.05, 3.63) is 59.7 Å². The first-order valence-corrected chi connectivity index (χ1v) is 5.59. The van der Waals surface area contributed by atoms with Crippen molar-refractivity contribution < 1.29 is 23.6 Å². The van der Waals surface area contributed by atoms with Crippen LogP contribution in [-0.4, -0.2) is 17.2 Å². The van der Waals surface area contributed by atoms with Crippen LogP contribution in [0.4, 0.5) is 8.78 Å². The quantitative estimate of drug-likeness (QED) is 0.816. The smallest absolute Gasteiger partial charge is 0.489 e. The van der Waals surface area contributed by atoms with Gasteiger partial charge in [0.2, 0.25) is 0 Å². The van der Waals surface area contributed by atoms with E-state index < -0.39 is 12.9 Å². The van der Waals surface area contributed by atoms with E-state index in [1.54, 1.807) is 12.1 Å². The van der Waals surface area contributed by atoms with Crippen LogP contribution < -0.4 is 10.2 Å². The van der Waals surface area contributed by atoms with Gasteiger partial charge in [-0.05, 0) is 35.9 Å². The normalized spacial score (nSPS) is 10.3. The maximum absolute atomic E-state index is 13.0. The average Bonchev–Trinajstić information content (AvgIpc) is 2.37. The van der Waals surface area contributed by atoms with Gasteiger partial charge in [-0.3, -0.25) is 0 Å². The minimum absolute atomic E-state index is 0.0448. The minimum Gasteiger partial charge on any atom is -0.489 e. The molecule has 6 heteroatoms. The number of benzene rings is 2. The Hall–Kier alpha value is -1.92. The van der Waals surface area contributed by atoms with Crippen molar-refractivity contribution in [1.82, 2.24) is 0 Å². The van der Waals surface area contributed by atoms with Gasteiger partial charge in [0.05, 0.1) is 0 Å². The third-order valence-electron chi connectivity index (χ3n) is 2.53. The zero-order valence-electron chi connectivity index (χ0n) is 9.88. The lowest BCUT2D eigenvalue weighted by atomic mass is 9.79. The number of hydrogen-bond donors (Lipinski definition) is 2. The Morgan fingerprint density at radius 1 is 1.00 bits per heavy atom. The van der Waals surface area contributed by atoms with Crippen LogP contribution >= 0.6 is 0 Å². The molecule has 0 aliphatic rings. The van der Waals surface area contributed by atoms with Crippen molar-refractivity contribution in [3.63, 3.8) is 0 Å². The summed E-state index contributed by atoms with van der Waals surface area (Å²) >= 11 is 0. The van der Waals surface area contributed by atoms with E-state index in [0.717, 1.165) is 12.1 Å². The summed E-state index contributed by atoms with van der Waals surface area (Å²) in [6, 6.07) is 9.24. The van der Waals surface area contributed by atoms with Crippen LogP contribution in [0.3, 0.4) is 0 Å². The van der Waals surface area contributed by atoms with Gasteiger partial charge in [-0.1, -0.05) is 12.1 Å². The Kier molecular flexibility index (Phi) is 4.14. The highest BCUT2D eigenvalue weighted by Gasteiger charge is 2.18. The topological polar surface area (TPSA) is 49.7 Å². The molecular weight excluding hydrogens is 253 g/mol. The maximum Gasteiger partial charge on any atom is 0.492 e. The molecule has 0 unspecified atom stereocenters. The largest absolute Gasteiger partial charge is 0.492 e. The van der Waals surface area contributed by atoms with Crippen molar-refractivity contribution in [1.29, 1.82) is 0 Å². The summed E-state index contributed by atoms with van der Waals surface area (Å²) in [7, 11) is -1.83. The van der Waals surface area contributed by atoms with Gasteiger partial charge in [0.15, 0.2) is 0 Å². The Morgan fingerprint density at radius 3 is 2.42 bits per heavy atom. The first-order chi connectivity index (χ1) is 9.06. The fourth-order valence-corrected chi connectivity index (χ4v) is 1.64. The predicted octanol–water partition coefficient (Wildman–Crippen LogP) is 1.22. The highest BCUT2D eigenvalue weighted by Crippen LogP contribution is 2.13. The van der Waals surface area contributed by atoms with Crippen LogP contribution in [0.25, 0.3) is 0 Å². The molecule has 2 N–H and O–H groups in total. The molecule has 0 heterocycles.